The highest BCUT2D eigenvalue weighted by Crippen LogP contribution is 2.36. The number of H-pyrrole nitrogens is 1. The molecule has 2 aromatic carbocycles. The molecule has 6 heteroatoms. The lowest BCUT2D eigenvalue weighted by molar-refractivity contribution is -0.116. The molecule has 2 heterocycles. The predicted octanol–water partition coefficient (Wildman–Crippen LogP) is 4.12. The predicted molar refractivity (Wildman–Crippen MR) is 95.9 cm³/mol. The van der Waals surface area contributed by atoms with E-state index in [1.54, 1.807) is 6.20 Å². The van der Waals surface area contributed by atoms with Gasteiger partial charge < -0.3 is 10.1 Å². The Balaban J connectivity index is 1.56. The van der Waals surface area contributed by atoms with Crippen molar-refractivity contribution in [3.8, 4) is 5.75 Å². The van der Waals surface area contributed by atoms with Crippen LogP contribution in [0.2, 0.25) is 5.02 Å². The summed E-state index contributed by atoms with van der Waals surface area (Å²) in [5.41, 5.74) is 2.95. The van der Waals surface area contributed by atoms with Gasteiger partial charge in [0.2, 0.25) is 5.91 Å². The number of amides is 1. The van der Waals surface area contributed by atoms with Crippen LogP contribution in [0.4, 0.5) is 5.82 Å². The molecule has 1 atom stereocenters. The Morgan fingerprint density at radius 1 is 1.20 bits per heavy atom. The molecular weight excluding hydrogens is 338 g/mol. The van der Waals surface area contributed by atoms with Crippen LogP contribution in [0.15, 0.2) is 54.7 Å². The summed E-state index contributed by atoms with van der Waals surface area (Å²) >= 11 is 6.17. The molecule has 0 saturated carbocycles. The second kappa shape index (κ2) is 6.61. The number of hydrogen-bond donors (Lipinski definition) is 2. The first kappa shape index (κ1) is 15.7. The number of hydrogen-bond acceptors (Lipinski definition) is 3. The molecule has 0 unspecified atom stereocenters. The summed E-state index contributed by atoms with van der Waals surface area (Å²) in [6, 6.07) is 15.4. The summed E-state index contributed by atoms with van der Waals surface area (Å²) < 4.78 is 5.89. The van der Waals surface area contributed by atoms with Crippen molar-refractivity contribution in [3.05, 3.63) is 76.4 Å². The van der Waals surface area contributed by atoms with E-state index in [1.165, 1.54) is 0 Å². The first-order valence-electron chi connectivity index (χ1n) is 8.00. The van der Waals surface area contributed by atoms with Crippen molar-refractivity contribution < 1.29 is 9.53 Å². The van der Waals surface area contributed by atoms with Crippen LogP contribution in [0.5, 0.6) is 5.75 Å². The molecule has 1 aliphatic rings. The van der Waals surface area contributed by atoms with Gasteiger partial charge in [-0.1, -0.05) is 41.9 Å². The van der Waals surface area contributed by atoms with Gasteiger partial charge in [-0.3, -0.25) is 9.89 Å². The molecule has 0 aliphatic carbocycles. The van der Waals surface area contributed by atoms with E-state index in [9.17, 15) is 4.79 Å². The van der Waals surface area contributed by atoms with Gasteiger partial charge >= 0.3 is 0 Å². The van der Waals surface area contributed by atoms with Crippen LogP contribution >= 0.6 is 11.6 Å². The van der Waals surface area contributed by atoms with Crippen LogP contribution in [-0.2, 0) is 11.4 Å². The number of aromatic nitrogens is 2. The summed E-state index contributed by atoms with van der Waals surface area (Å²) in [4.78, 5) is 11.9. The van der Waals surface area contributed by atoms with Crippen LogP contribution < -0.4 is 10.1 Å². The van der Waals surface area contributed by atoms with Gasteiger partial charge in [0.15, 0.2) is 0 Å². The van der Waals surface area contributed by atoms with Crippen LogP contribution in [-0.4, -0.2) is 16.1 Å². The Hall–Kier alpha value is -2.79. The van der Waals surface area contributed by atoms with Crippen LogP contribution in [0.25, 0.3) is 0 Å². The van der Waals surface area contributed by atoms with Crippen LogP contribution in [0.1, 0.15) is 29.0 Å². The lowest BCUT2D eigenvalue weighted by Gasteiger charge is -2.22. The highest BCUT2D eigenvalue weighted by Gasteiger charge is 2.28. The first-order chi connectivity index (χ1) is 12.2. The summed E-state index contributed by atoms with van der Waals surface area (Å²) in [6.07, 6.45) is 2.15. The maximum absolute atomic E-state index is 11.9. The maximum atomic E-state index is 11.9. The van der Waals surface area contributed by atoms with E-state index in [2.05, 4.69) is 15.5 Å². The molecule has 126 valence electrons. The van der Waals surface area contributed by atoms with E-state index in [0.717, 1.165) is 22.4 Å². The van der Waals surface area contributed by atoms with Gasteiger partial charge in [-0.25, -0.2) is 0 Å². The van der Waals surface area contributed by atoms with Gasteiger partial charge in [0.1, 0.15) is 18.2 Å². The number of carbonyl (C=O) groups is 1. The van der Waals surface area contributed by atoms with Crippen molar-refractivity contribution in [1.82, 2.24) is 10.2 Å². The molecule has 0 saturated heterocycles. The summed E-state index contributed by atoms with van der Waals surface area (Å²) in [5, 5.41) is 10.4. The largest absolute Gasteiger partial charge is 0.489 e. The Bertz CT molecular complexity index is 922. The van der Waals surface area contributed by atoms with E-state index in [1.807, 2.05) is 48.5 Å². The number of ether oxygens (including phenoxy) is 1. The average molecular weight is 354 g/mol. The highest BCUT2D eigenvalue weighted by molar-refractivity contribution is 6.31. The maximum Gasteiger partial charge on any atom is 0.226 e. The quantitative estimate of drug-likeness (QED) is 0.741. The monoisotopic (exact) mass is 353 g/mol. The fourth-order valence-electron chi connectivity index (χ4n) is 3.04. The highest BCUT2D eigenvalue weighted by atomic mass is 35.5. The minimum absolute atomic E-state index is 0.0239. The number of nitrogens with one attached hydrogen (secondary N) is 2. The fraction of sp³-hybridized carbons (Fsp3) is 0.158. The molecule has 5 nitrogen and oxygen atoms in total. The number of carbonyl (C=O) groups excluding carboxylic acids is 1. The fourth-order valence-corrected chi connectivity index (χ4v) is 3.23. The summed E-state index contributed by atoms with van der Waals surface area (Å²) in [7, 11) is 0. The Morgan fingerprint density at radius 2 is 2.08 bits per heavy atom. The molecule has 4 rings (SSSR count). The molecule has 1 aromatic heterocycles. The Kier molecular flexibility index (Phi) is 4.15. The SMILES string of the molecule is O=C1C[C@H](c2cccc(OCc3ccccc3Cl)c2)c2cn[nH]c2N1. The minimum Gasteiger partial charge on any atom is -0.489 e. The van der Waals surface area contributed by atoms with E-state index < -0.39 is 0 Å². The molecule has 25 heavy (non-hydrogen) atoms. The first-order valence-corrected chi connectivity index (χ1v) is 8.38. The van der Waals surface area contributed by atoms with Gasteiger partial charge in [0.05, 0.1) is 6.20 Å². The van der Waals surface area contributed by atoms with Crippen molar-refractivity contribution in [1.29, 1.82) is 0 Å². The van der Waals surface area contributed by atoms with E-state index in [0.29, 0.717) is 23.9 Å². The third kappa shape index (κ3) is 3.23. The van der Waals surface area contributed by atoms with Gasteiger partial charge in [-0.05, 0) is 23.8 Å². The number of aromatic amines is 1. The second-order valence-corrected chi connectivity index (χ2v) is 6.37. The van der Waals surface area contributed by atoms with Crippen molar-refractivity contribution in [2.24, 2.45) is 0 Å². The Labute approximate surface area is 150 Å². The van der Waals surface area contributed by atoms with Crippen molar-refractivity contribution in [2.45, 2.75) is 18.9 Å². The van der Waals surface area contributed by atoms with Crippen molar-refractivity contribution in [2.75, 3.05) is 5.32 Å². The Morgan fingerprint density at radius 3 is 2.96 bits per heavy atom. The van der Waals surface area contributed by atoms with Gasteiger partial charge in [0, 0.05) is 28.5 Å². The number of benzene rings is 2. The zero-order valence-corrected chi connectivity index (χ0v) is 14.1. The van der Waals surface area contributed by atoms with E-state index in [-0.39, 0.29) is 11.8 Å². The third-order valence-electron chi connectivity index (χ3n) is 4.31. The topological polar surface area (TPSA) is 67.0 Å². The molecule has 0 bridgehead atoms. The molecule has 2 N–H and O–H groups in total. The standard InChI is InChI=1S/C19H16ClN3O2/c20-17-7-2-1-4-13(17)11-25-14-6-3-5-12(8-14)15-9-18(24)22-19-16(15)10-21-23-19/h1-8,10,15H,9,11H2,(H2,21,22,23,24)/t15-/m1/s1. The van der Waals surface area contributed by atoms with Crippen molar-refractivity contribution in [3.63, 3.8) is 0 Å². The molecule has 0 spiro atoms. The van der Waals surface area contributed by atoms with Gasteiger partial charge in [-0.15, -0.1) is 0 Å². The van der Waals surface area contributed by atoms with Crippen LogP contribution in [0.3, 0.4) is 0 Å². The molecule has 0 fully saturated rings. The van der Waals surface area contributed by atoms with Gasteiger partial charge in [0.25, 0.3) is 0 Å². The number of halogens is 1. The average Bonchev–Trinajstić information content (AvgIpc) is 3.09. The number of rotatable bonds is 4. The molecule has 0 radical (unpaired) electrons. The van der Waals surface area contributed by atoms with E-state index in [4.69, 9.17) is 16.3 Å². The molecule has 1 aliphatic heterocycles. The molecule has 3 aromatic rings. The number of fused-ring (bicyclic) bond motifs is 1. The lowest BCUT2D eigenvalue weighted by Crippen LogP contribution is -2.22. The molecular formula is C19H16ClN3O2. The van der Waals surface area contributed by atoms with Gasteiger partial charge in [-0.2, -0.15) is 5.10 Å². The zero-order chi connectivity index (χ0) is 17.2. The zero-order valence-electron chi connectivity index (χ0n) is 13.3. The third-order valence-corrected chi connectivity index (χ3v) is 4.68. The van der Waals surface area contributed by atoms with Crippen LogP contribution in [0, 0.1) is 0 Å². The van der Waals surface area contributed by atoms with Crippen molar-refractivity contribution >= 4 is 23.3 Å². The minimum atomic E-state index is -0.0358. The smallest absolute Gasteiger partial charge is 0.226 e. The number of nitrogens with zero attached hydrogens (tertiary/aromatic N) is 1. The summed E-state index contributed by atoms with van der Waals surface area (Å²) in [5.74, 6) is 1.35. The normalized spacial score (nSPS) is 16.2. The summed E-state index contributed by atoms with van der Waals surface area (Å²) in [6.45, 7) is 0.394. The molecule has 1 amide bonds. The lowest BCUT2D eigenvalue weighted by atomic mass is 9.87. The van der Waals surface area contributed by atoms with E-state index >= 15 is 0 Å². The second-order valence-electron chi connectivity index (χ2n) is 5.96. The number of anilines is 1.